The maximum Gasteiger partial charge on any atom is 0.306 e. The first-order chi connectivity index (χ1) is 21.6. The molecule has 0 radical (unpaired) electrons. The molecular weight excluding hydrogens is 544 g/mol. The third-order valence-corrected chi connectivity index (χ3v) is 9.19. The monoisotopic (exact) mass is 623 g/mol. The lowest BCUT2D eigenvalue weighted by atomic mass is 9.91. The van der Waals surface area contributed by atoms with Crippen molar-refractivity contribution in [2.24, 2.45) is 5.92 Å². The van der Waals surface area contributed by atoms with Gasteiger partial charge in [-0.1, -0.05) is 181 Å². The maximum atomic E-state index is 12.5. The zero-order valence-electron chi connectivity index (χ0n) is 30.3. The molecule has 4 nitrogen and oxygen atoms in total. The second-order valence-corrected chi connectivity index (χ2v) is 13.7. The molecule has 4 heteroatoms. The Morgan fingerprint density at radius 1 is 0.386 bits per heavy atom. The molecule has 0 amide bonds. The quantitative estimate of drug-likeness (QED) is 0.0515. The molecule has 0 aliphatic carbocycles. The van der Waals surface area contributed by atoms with Crippen molar-refractivity contribution in [2.45, 2.75) is 226 Å². The molecule has 0 heterocycles. The van der Waals surface area contributed by atoms with Gasteiger partial charge in [-0.15, -0.1) is 0 Å². The van der Waals surface area contributed by atoms with Gasteiger partial charge in [-0.2, -0.15) is 0 Å². The lowest BCUT2D eigenvalue weighted by Gasteiger charge is -2.16. The number of carbonyl (C=O) groups is 2. The molecule has 44 heavy (non-hydrogen) atoms. The topological polar surface area (TPSA) is 52.6 Å². The van der Waals surface area contributed by atoms with Crippen LogP contribution in [0.2, 0.25) is 0 Å². The summed E-state index contributed by atoms with van der Waals surface area (Å²) < 4.78 is 11.0. The predicted octanol–water partition coefficient (Wildman–Crippen LogP) is 13.2. The van der Waals surface area contributed by atoms with Crippen LogP contribution in [-0.4, -0.2) is 25.2 Å². The largest absolute Gasteiger partial charge is 0.466 e. The molecule has 0 aromatic carbocycles. The van der Waals surface area contributed by atoms with Crippen molar-refractivity contribution in [3.63, 3.8) is 0 Å². The van der Waals surface area contributed by atoms with Gasteiger partial charge in [0.1, 0.15) is 0 Å². The van der Waals surface area contributed by atoms with Crippen molar-refractivity contribution >= 4 is 11.9 Å². The van der Waals surface area contributed by atoms with Crippen molar-refractivity contribution in [1.82, 2.24) is 0 Å². The van der Waals surface area contributed by atoms with E-state index in [4.69, 9.17) is 9.47 Å². The van der Waals surface area contributed by atoms with Crippen LogP contribution < -0.4 is 0 Å². The van der Waals surface area contributed by atoms with E-state index in [0.29, 0.717) is 32.0 Å². The first kappa shape index (κ1) is 42.9. The van der Waals surface area contributed by atoms with E-state index in [1.165, 1.54) is 167 Å². The van der Waals surface area contributed by atoms with E-state index in [-0.39, 0.29) is 11.9 Å². The fourth-order valence-corrected chi connectivity index (χ4v) is 6.18. The Balaban J connectivity index is 3.58. The van der Waals surface area contributed by atoms with E-state index in [1.807, 2.05) is 0 Å². The van der Waals surface area contributed by atoms with Crippen molar-refractivity contribution in [2.75, 3.05) is 13.2 Å². The fraction of sp³-hybridized carbons (Fsp3) is 0.950. The summed E-state index contributed by atoms with van der Waals surface area (Å²) in [6.07, 6.45) is 38.7. The summed E-state index contributed by atoms with van der Waals surface area (Å²) in [6, 6.07) is 0. The van der Waals surface area contributed by atoms with Crippen LogP contribution in [0.4, 0.5) is 0 Å². The van der Waals surface area contributed by atoms with Crippen LogP contribution >= 0.6 is 0 Å². The first-order valence-electron chi connectivity index (χ1n) is 19.9. The van der Waals surface area contributed by atoms with Gasteiger partial charge in [0, 0.05) is 12.8 Å². The molecule has 262 valence electrons. The molecule has 0 atom stereocenters. The fourth-order valence-electron chi connectivity index (χ4n) is 6.18. The number of esters is 2. The highest BCUT2D eigenvalue weighted by molar-refractivity contribution is 5.69. The van der Waals surface area contributed by atoms with E-state index in [1.54, 1.807) is 0 Å². The average molecular weight is 623 g/mol. The minimum absolute atomic E-state index is 0.00245. The summed E-state index contributed by atoms with van der Waals surface area (Å²) >= 11 is 0. The molecule has 0 bridgehead atoms. The summed E-state index contributed by atoms with van der Waals surface area (Å²) in [5.41, 5.74) is 0. The molecule has 0 rings (SSSR count). The highest BCUT2D eigenvalue weighted by atomic mass is 16.5. The Labute approximate surface area is 276 Å². The summed E-state index contributed by atoms with van der Waals surface area (Å²) in [5, 5.41) is 0. The molecular formula is C40H78O4. The molecule has 0 aliphatic rings. The van der Waals surface area contributed by atoms with Gasteiger partial charge in [0.25, 0.3) is 0 Å². The van der Waals surface area contributed by atoms with Crippen LogP contribution in [0.1, 0.15) is 226 Å². The van der Waals surface area contributed by atoms with Crippen LogP contribution in [0.3, 0.4) is 0 Å². The summed E-state index contributed by atoms with van der Waals surface area (Å²) in [7, 11) is 0. The third kappa shape index (κ3) is 33.8. The second kappa shape index (κ2) is 36.4. The third-order valence-electron chi connectivity index (χ3n) is 9.19. The number of hydrogen-bond donors (Lipinski definition) is 0. The minimum Gasteiger partial charge on any atom is -0.466 e. The van der Waals surface area contributed by atoms with Gasteiger partial charge in [-0.3, -0.25) is 9.59 Å². The lowest BCUT2D eigenvalue weighted by molar-refractivity contribution is -0.145. The van der Waals surface area contributed by atoms with Crippen LogP contribution in [-0.2, 0) is 19.1 Å². The summed E-state index contributed by atoms with van der Waals surface area (Å²) in [5.74, 6) is 0.559. The zero-order valence-corrected chi connectivity index (χ0v) is 30.3. The Hall–Kier alpha value is -1.06. The van der Waals surface area contributed by atoms with Crippen molar-refractivity contribution in [3.05, 3.63) is 0 Å². The highest BCUT2D eigenvalue weighted by Gasteiger charge is 2.15. The van der Waals surface area contributed by atoms with E-state index >= 15 is 0 Å². The van der Waals surface area contributed by atoms with E-state index in [2.05, 4.69) is 20.8 Å². The predicted molar refractivity (Wildman–Crippen MR) is 190 cm³/mol. The molecule has 0 aromatic heterocycles. The standard InChI is InChI=1S/C40H78O4/c1-4-7-10-13-19-24-29-34-39(41)43-35-30-25-20-17-15-14-16-18-21-26-31-36-44-40(42)37-38(32-27-22-11-8-5-2)33-28-23-12-9-6-3/h38H,4-37H2,1-3H3. The number of unbranched alkanes of at least 4 members (excludes halogenated alkanes) is 24. The lowest BCUT2D eigenvalue weighted by Crippen LogP contribution is -2.13. The van der Waals surface area contributed by atoms with Gasteiger partial charge >= 0.3 is 11.9 Å². The Kier molecular flexibility index (Phi) is 35.5. The minimum atomic E-state index is -0.00245. The normalized spacial score (nSPS) is 11.4. The van der Waals surface area contributed by atoms with Gasteiger partial charge in [0.05, 0.1) is 13.2 Å². The number of ether oxygens (including phenoxy) is 2. The average Bonchev–Trinajstić information content (AvgIpc) is 3.02. The van der Waals surface area contributed by atoms with Crippen molar-refractivity contribution in [1.29, 1.82) is 0 Å². The molecule has 0 aliphatic heterocycles. The van der Waals surface area contributed by atoms with Gasteiger partial charge in [0.15, 0.2) is 0 Å². The molecule has 0 spiro atoms. The van der Waals surface area contributed by atoms with Crippen LogP contribution in [0.5, 0.6) is 0 Å². The number of rotatable bonds is 36. The first-order valence-corrected chi connectivity index (χ1v) is 19.9. The smallest absolute Gasteiger partial charge is 0.306 e. The molecule has 0 fully saturated rings. The van der Waals surface area contributed by atoms with Gasteiger partial charge in [-0.05, 0) is 38.0 Å². The van der Waals surface area contributed by atoms with Crippen LogP contribution in [0, 0.1) is 5.92 Å². The summed E-state index contributed by atoms with van der Waals surface area (Å²) in [6.45, 7) is 7.98. The SMILES string of the molecule is CCCCCCCCCC(=O)OCCCCCCCCCCCCCOC(=O)CC(CCCCCCC)CCCCCCC. The highest BCUT2D eigenvalue weighted by Crippen LogP contribution is 2.23. The van der Waals surface area contributed by atoms with E-state index in [9.17, 15) is 9.59 Å². The molecule has 0 N–H and O–H groups in total. The van der Waals surface area contributed by atoms with Crippen molar-refractivity contribution in [3.8, 4) is 0 Å². The molecule has 0 saturated heterocycles. The Bertz CT molecular complexity index is 576. The second-order valence-electron chi connectivity index (χ2n) is 13.7. The molecule has 0 aromatic rings. The molecule has 0 unspecified atom stereocenters. The maximum absolute atomic E-state index is 12.5. The van der Waals surface area contributed by atoms with Gasteiger partial charge in [0.2, 0.25) is 0 Å². The number of carbonyl (C=O) groups excluding carboxylic acids is 2. The van der Waals surface area contributed by atoms with Crippen molar-refractivity contribution < 1.29 is 19.1 Å². The summed E-state index contributed by atoms with van der Waals surface area (Å²) in [4.78, 5) is 24.3. The number of hydrogen-bond acceptors (Lipinski definition) is 4. The van der Waals surface area contributed by atoms with Gasteiger partial charge < -0.3 is 9.47 Å². The molecule has 0 saturated carbocycles. The Morgan fingerprint density at radius 2 is 0.705 bits per heavy atom. The van der Waals surface area contributed by atoms with E-state index in [0.717, 1.165) is 25.7 Å². The zero-order chi connectivity index (χ0) is 32.2. The van der Waals surface area contributed by atoms with E-state index < -0.39 is 0 Å². The Morgan fingerprint density at radius 3 is 1.11 bits per heavy atom. The van der Waals surface area contributed by atoms with Crippen LogP contribution in [0.25, 0.3) is 0 Å². The van der Waals surface area contributed by atoms with Gasteiger partial charge in [-0.25, -0.2) is 0 Å². The van der Waals surface area contributed by atoms with Crippen LogP contribution in [0.15, 0.2) is 0 Å².